The summed E-state index contributed by atoms with van der Waals surface area (Å²) in [5.74, 6) is 0.871. The monoisotopic (exact) mass is 307 g/mol. The molecule has 1 heterocycles. The molecule has 2 aromatic rings. The third-order valence-electron chi connectivity index (χ3n) is 3.42. The van der Waals surface area contributed by atoms with Crippen molar-refractivity contribution in [2.75, 3.05) is 32.5 Å². The molecular formula is C15H21N3O2S. The van der Waals surface area contributed by atoms with Gasteiger partial charge in [0.25, 0.3) is 5.56 Å². The lowest BCUT2D eigenvalue weighted by Gasteiger charge is -2.17. The van der Waals surface area contributed by atoms with E-state index in [1.54, 1.807) is 17.8 Å². The lowest BCUT2D eigenvalue weighted by Crippen LogP contribution is -2.29. The molecule has 0 aliphatic carbocycles. The minimum atomic E-state index is -0.159. The van der Waals surface area contributed by atoms with Crippen molar-refractivity contribution in [3.05, 3.63) is 34.6 Å². The Morgan fingerprint density at radius 2 is 2.00 bits per heavy atom. The zero-order valence-corrected chi connectivity index (χ0v) is 13.5. The highest BCUT2D eigenvalue weighted by molar-refractivity contribution is 7.99. The van der Waals surface area contributed by atoms with Crippen molar-refractivity contribution in [1.82, 2.24) is 14.6 Å². The lowest BCUT2D eigenvalue weighted by molar-refractivity contribution is 0.131. The maximum Gasteiger partial charge on any atom is 0.295 e. The summed E-state index contributed by atoms with van der Waals surface area (Å²) in [5, 5.41) is 1.18. The van der Waals surface area contributed by atoms with Crippen LogP contribution in [0.3, 0.4) is 0 Å². The minimum absolute atomic E-state index is 0.159. The SMILES string of the molecule is CCN(CC)CCSc1nc2ccccc2c(=O)n1OC. The van der Waals surface area contributed by atoms with Crippen LogP contribution in [0.5, 0.6) is 0 Å². The summed E-state index contributed by atoms with van der Waals surface area (Å²) in [4.78, 5) is 24.4. The van der Waals surface area contributed by atoms with Crippen LogP contribution in [0.2, 0.25) is 0 Å². The molecule has 2 rings (SSSR count). The molecule has 0 amide bonds. The third kappa shape index (κ3) is 3.57. The molecule has 0 unspecified atom stereocenters. The number of aromatic nitrogens is 2. The fourth-order valence-corrected chi connectivity index (χ4v) is 3.12. The predicted octanol–water partition coefficient (Wildman–Crippen LogP) is 1.89. The number of rotatable bonds is 7. The molecule has 1 aromatic carbocycles. The summed E-state index contributed by atoms with van der Waals surface area (Å²) in [5.41, 5.74) is 0.551. The molecule has 0 radical (unpaired) electrons. The summed E-state index contributed by atoms with van der Waals surface area (Å²) in [7, 11) is 1.49. The van der Waals surface area contributed by atoms with Crippen LogP contribution < -0.4 is 10.4 Å². The highest BCUT2D eigenvalue weighted by Crippen LogP contribution is 2.16. The van der Waals surface area contributed by atoms with Gasteiger partial charge in [-0.1, -0.05) is 37.7 Å². The first kappa shape index (κ1) is 15.9. The molecule has 0 saturated heterocycles. The molecular weight excluding hydrogens is 286 g/mol. The zero-order chi connectivity index (χ0) is 15.2. The Morgan fingerprint density at radius 1 is 1.29 bits per heavy atom. The maximum atomic E-state index is 12.4. The van der Waals surface area contributed by atoms with Crippen LogP contribution in [0, 0.1) is 0 Å². The van der Waals surface area contributed by atoms with Crippen molar-refractivity contribution in [2.24, 2.45) is 0 Å². The molecule has 0 aliphatic rings. The number of para-hydroxylation sites is 1. The molecule has 0 fully saturated rings. The minimum Gasteiger partial charge on any atom is -0.411 e. The van der Waals surface area contributed by atoms with Gasteiger partial charge in [-0.3, -0.25) is 4.79 Å². The number of nitrogens with zero attached hydrogens (tertiary/aromatic N) is 3. The summed E-state index contributed by atoms with van der Waals surface area (Å²) >= 11 is 1.54. The molecule has 0 spiro atoms. The van der Waals surface area contributed by atoms with Crippen LogP contribution in [0.15, 0.2) is 34.2 Å². The average molecular weight is 307 g/mol. The Morgan fingerprint density at radius 3 is 2.67 bits per heavy atom. The Bertz CT molecular complexity index is 653. The Kier molecular flexibility index (Phi) is 5.64. The van der Waals surface area contributed by atoms with Crippen molar-refractivity contribution in [3.8, 4) is 0 Å². The molecule has 5 nitrogen and oxygen atoms in total. The van der Waals surface area contributed by atoms with E-state index in [9.17, 15) is 4.79 Å². The highest BCUT2D eigenvalue weighted by Gasteiger charge is 2.12. The van der Waals surface area contributed by atoms with Crippen molar-refractivity contribution < 1.29 is 4.84 Å². The summed E-state index contributed by atoms with van der Waals surface area (Å²) < 4.78 is 1.27. The molecule has 1 aromatic heterocycles. The van der Waals surface area contributed by atoms with Gasteiger partial charge < -0.3 is 9.74 Å². The first-order chi connectivity index (χ1) is 10.2. The summed E-state index contributed by atoms with van der Waals surface area (Å²) in [6.07, 6.45) is 0. The number of fused-ring (bicyclic) bond motifs is 1. The van der Waals surface area contributed by atoms with Crippen LogP contribution in [0.1, 0.15) is 13.8 Å². The van der Waals surface area contributed by atoms with Gasteiger partial charge in [-0.2, -0.15) is 0 Å². The molecule has 0 aliphatic heterocycles. The molecule has 6 heteroatoms. The van der Waals surface area contributed by atoms with Gasteiger partial charge in [0.2, 0.25) is 5.16 Å². The van der Waals surface area contributed by atoms with E-state index in [1.807, 2.05) is 18.2 Å². The zero-order valence-electron chi connectivity index (χ0n) is 12.7. The van der Waals surface area contributed by atoms with Crippen LogP contribution in [0.4, 0.5) is 0 Å². The van der Waals surface area contributed by atoms with Gasteiger partial charge in [-0.25, -0.2) is 4.98 Å². The van der Waals surface area contributed by atoms with Crippen molar-refractivity contribution >= 4 is 22.7 Å². The molecule has 0 atom stereocenters. The van der Waals surface area contributed by atoms with Gasteiger partial charge in [0, 0.05) is 12.3 Å². The van der Waals surface area contributed by atoms with Crippen LogP contribution >= 0.6 is 11.8 Å². The van der Waals surface area contributed by atoms with Gasteiger partial charge >= 0.3 is 0 Å². The number of benzene rings is 1. The number of hydrogen-bond acceptors (Lipinski definition) is 5. The predicted molar refractivity (Wildman–Crippen MR) is 87.0 cm³/mol. The fraction of sp³-hybridized carbons (Fsp3) is 0.467. The topological polar surface area (TPSA) is 47.4 Å². The second-order valence-corrected chi connectivity index (χ2v) is 5.63. The van der Waals surface area contributed by atoms with E-state index < -0.39 is 0 Å². The quantitative estimate of drug-likeness (QED) is 0.577. The van der Waals surface area contributed by atoms with Gasteiger partial charge in [0.15, 0.2) is 0 Å². The van der Waals surface area contributed by atoms with Crippen molar-refractivity contribution in [2.45, 2.75) is 19.0 Å². The van der Waals surface area contributed by atoms with E-state index >= 15 is 0 Å². The van der Waals surface area contributed by atoms with E-state index in [2.05, 4.69) is 23.7 Å². The van der Waals surface area contributed by atoms with Crippen molar-refractivity contribution in [1.29, 1.82) is 0 Å². The Labute approximate surface area is 128 Å². The first-order valence-corrected chi connectivity index (χ1v) is 8.11. The lowest BCUT2D eigenvalue weighted by atomic mass is 10.2. The van der Waals surface area contributed by atoms with Gasteiger partial charge in [-0.05, 0) is 25.2 Å². The van der Waals surface area contributed by atoms with Crippen LogP contribution in [-0.4, -0.2) is 47.1 Å². The van der Waals surface area contributed by atoms with Gasteiger partial charge in [0.05, 0.1) is 10.9 Å². The van der Waals surface area contributed by atoms with Crippen LogP contribution in [-0.2, 0) is 0 Å². The van der Waals surface area contributed by atoms with Crippen molar-refractivity contribution in [3.63, 3.8) is 0 Å². The second-order valence-electron chi connectivity index (χ2n) is 4.57. The molecule has 21 heavy (non-hydrogen) atoms. The highest BCUT2D eigenvalue weighted by atomic mass is 32.2. The molecule has 0 N–H and O–H groups in total. The van der Waals surface area contributed by atoms with Crippen LogP contribution in [0.25, 0.3) is 10.9 Å². The van der Waals surface area contributed by atoms with E-state index in [0.717, 1.165) is 25.4 Å². The molecule has 0 bridgehead atoms. The number of thioether (sulfide) groups is 1. The Hall–Kier alpha value is -1.53. The van der Waals surface area contributed by atoms with E-state index in [1.165, 1.54) is 11.8 Å². The summed E-state index contributed by atoms with van der Waals surface area (Å²) in [6.45, 7) is 7.31. The number of hydrogen-bond donors (Lipinski definition) is 0. The van der Waals surface area contributed by atoms with Gasteiger partial charge in [-0.15, -0.1) is 4.73 Å². The Balaban J connectivity index is 2.24. The molecule has 114 valence electrons. The largest absolute Gasteiger partial charge is 0.411 e. The third-order valence-corrected chi connectivity index (χ3v) is 4.33. The van der Waals surface area contributed by atoms with Gasteiger partial charge in [0.1, 0.15) is 7.11 Å². The smallest absolute Gasteiger partial charge is 0.295 e. The normalized spacial score (nSPS) is 11.2. The second kappa shape index (κ2) is 7.47. The summed E-state index contributed by atoms with van der Waals surface area (Å²) in [6, 6.07) is 7.34. The van der Waals surface area contributed by atoms with E-state index in [4.69, 9.17) is 4.84 Å². The molecule has 0 saturated carbocycles. The fourth-order valence-electron chi connectivity index (χ4n) is 2.15. The van der Waals surface area contributed by atoms with E-state index in [-0.39, 0.29) is 5.56 Å². The average Bonchev–Trinajstić information content (AvgIpc) is 2.52. The van der Waals surface area contributed by atoms with E-state index in [0.29, 0.717) is 16.1 Å². The first-order valence-electron chi connectivity index (χ1n) is 7.12. The standard InChI is InChI=1S/C15H21N3O2S/c1-4-17(5-2)10-11-21-15-16-13-9-7-6-8-12(13)14(19)18(15)20-3/h6-9H,4-5,10-11H2,1-3H3. The maximum absolute atomic E-state index is 12.4.